The number of amides is 1. The Kier molecular flexibility index (Phi) is 4.38. The van der Waals surface area contributed by atoms with Gasteiger partial charge in [-0.25, -0.2) is 0 Å². The van der Waals surface area contributed by atoms with Crippen LogP contribution in [-0.4, -0.2) is 49.2 Å². The first-order valence-corrected chi connectivity index (χ1v) is 7.97. The van der Waals surface area contributed by atoms with Crippen molar-refractivity contribution < 1.29 is 9.53 Å². The summed E-state index contributed by atoms with van der Waals surface area (Å²) in [4.78, 5) is 14.8. The normalized spacial score (nSPS) is 29.2. The molecule has 108 valence electrons. The molecule has 1 aliphatic carbocycles. The van der Waals surface area contributed by atoms with Crippen molar-refractivity contribution in [2.24, 2.45) is 5.92 Å². The fraction of sp³-hybridized carbons (Fsp3) is 0.933. The lowest BCUT2D eigenvalue weighted by molar-refractivity contribution is -0.148. The summed E-state index contributed by atoms with van der Waals surface area (Å²) in [7, 11) is 0. The summed E-state index contributed by atoms with van der Waals surface area (Å²) in [5, 5.41) is 3.40. The van der Waals surface area contributed by atoms with Gasteiger partial charge in [-0.1, -0.05) is 0 Å². The number of carbonyl (C=O) groups excluding carboxylic acids is 1. The van der Waals surface area contributed by atoms with Crippen LogP contribution in [0.25, 0.3) is 0 Å². The van der Waals surface area contributed by atoms with Crippen molar-refractivity contribution in [1.29, 1.82) is 0 Å². The van der Waals surface area contributed by atoms with Gasteiger partial charge in [0.05, 0.1) is 0 Å². The summed E-state index contributed by atoms with van der Waals surface area (Å²) >= 11 is 0. The highest BCUT2D eigenvalue weighted by atomic mass is 16.5. The molecule has 1 atom stereocenters. The van der Waals surface area contributed by atoms with E-state index in [0.717, 1.165) is 45.5 Å². The van der Waals surface area contributed by atoms with E-state index in [-0.39, 0.29) is 12.0 Å². The predicted molar refractivity (Wildman–Crippen MR) is 73.9 cm³/mol. The number of hydrogen-bond donors (Lipinski definition) is 1. The fourth-order valence-electron chi connectivity index (χ4n) is 3.27. The third-order valence-electron chi connectivity index (χ3n) is 4.64. The maximum absolute atomic E-state index is 12.6. The maximum Gasteiger partial charge on any atom is 0.251 e. The van der Waals surface area contributed by atoms with Crippen LogP contribution in [0, 0.1) is 5.92 Å². The van der Waals surface area contributed by atoms with Gasteiger partial charge in [0.2, 0.25) is 0 Å². The zero-order valence-electron chi connectivity index (χ0n) is 11.8. The Balaban J connectivity index is 1.57. The van der Waals surface area contributed by atoms with Crippen molar-refractivity contribution in [3.8, 4) is 0 Å². The first-order valence-electron chi connectivity index (χ1n) is 7.97. The van der Waals surface area contributed by atoms with Crippen LogP contribution in [0.2, 0.25) is 0 Å². The highest BCUT2D eigenvalue weighted by Gasteiger charge is 2.37. The number of hydrogen-bond acceptors (Lipinski definition) is 3. The molecule has 4 nitrogen and oxygen atoms in total. The minimum atomic E-state index is -0.143. The topological polar surface area (TPSA) is 41.6 Å². The summed E-state index contributed by atoms with van der Waals surface area (Å²) in [6, 6.07) is 0.521. The average Bonchev–Trinajstić information content (AvgIpc) is 3.31. The number of nitrogens with one attached hydrogen (secondary N) is 1. The molecule has 3 aliphatic rings. The van der Waals surface area contributed by atoms with E-state index in [9.17, 15) is 4.79 Å². The zero-order chi connectivity index (χ0) is 13.1. The molecule has 0 spiro atoms. The first-order chi connectivity index (χ1) is 9.34. The van der Waals surface area contributed by atoms with Crippen LogP contribution in [-0.2, 0) is 9.53 Å². The Morgan fingerprint density at radius 3 is 2.53 bits per heavy atom. The Labute approximate surface area is 115 Å². The van der Waals surface area contributed by atoms with Crippen LogP contribution >= 0.6 is 0 Å². The molecule has 4 heteroatoms. The SMILES string of the molecule is O=C(C1CCCCO1)N(CC1CCNCC1)C1CC1. The Hall–Kier alpha value is -0.610. The lowest BCUT2D eigenvalue weighted by atomic mass is 9.97. The molecular formula is C15H26N2O2. The summed E-state index contributed by atoms with van der Waals surface area (Å²) in [6.07, 6.45) is 7.85. The molecule has 0 aromatic carbocycles. The van der Waals surface area contributed by atoms with Crippen LogP contribution in [0.5, 0.6) is 0 Å². The molecule has 0 radical (unpaired) electrons. The van der Waals surface area contributed by atoms with Crippen molar-refractivity contribution in [2.45, 2.75) is 57.1 Å². The van der Waals surface area contributed by atoms with E-state index >= 15 is 0 Å². The highest BCUT2D eigenvalue weighted by molar-refractivity contribution is 5.81. The van der Waals surface area contributed by atoms with Crippen LogP contribution in [0.1, 0.15) is 44.9 Å². The number of ether oxygens (including phenoxy) is 1. The Morgan fingerprint density at radius 2 is 1.89 bits per heavy atom. The number of nitrogens with zero attached hydrogens (tertiary/aromatic N) is 1. The summed E-state index contributed by atoms with van der Waals surface area (Å²) in [6.45, 7) is 3.95. The smallest absolute Gasteiger partial charge is 0.251 e. The van der Waals surface area contributed by atoms with Gasteiger partial charge in [0.15, 0.2) is 0 Å². The molecule has 2 heterocycles. The highest BCUT2D eigenvalue weighted by Crippen LogP contribution is 2.31. The van der Waals surface area contributed by atoms with E-state index in [2.05, 4.69) is 10.2 Å². The van der Waals surface area contributed by atoms with Crippen molar-refractivity contribution in [3.05, 3.63) is 0 Å². The minimum Gasteiger partial charge on any atom is -0.368 e. The Bertz CT molecular complexity index is 305. The molecule has 1 saturated carbocycles. The average molecular weight is 266 g/mol. The van der Waals surface area contributed by atoms with Gasteiger partial charge in [-0.15, -0.1) is 0 Å². The molecule has 0 aromatic rings. The van der Waals surface area contributed by atoms with Gasteiger partial charge in [-0.05, 0) is 64.0 Å². The van der Waals surface area contributed by atoms with Crippen molar-refractivity contribution in [2.75, 3.05) is 26.2 Å². The van der Waals surface area contributed by atoms with Gasteiger partial charge in [-0.2, -0.15) is 0 Å². The molecule has 0 bridgehead atoms. The van der Waals surface area contributed by atoms with Gasteiger partial charge in [0.25, 0.3) is 5.91 Å². The predicted octanol–water partition coefficient (Wildman–Crippen LogP) is 1.55. The van der Waals surface area contributed by atoms with Crippen LogP contribution in [0.3, 0.4) is 0 Å². The monoisotopic (exact) mass is 266 g/mol. The standard InChI is InChI=1S/C15H26N2O2/c18-15(14-3-1-2-10-19-14)17(13-4-5-13)11-12-6-8-16-9-7-12/h12-14,16H,1-11H2. The van der Waals surface area contributed by atoms with Crippen molar-refractivity contribution >= 4 is 5.91 Å². The van der Waals surface area contributed by atoms with Gasteiger partial charge < -0.3 is 15.0 Å². The lowest BCUT2D eigenvalue weighted by Gasteiger charge is -2.33. The maximum atomic E-state index is 12.6. The molecule has 3 rings (SSSR count). The zero-order valence-corrected chi connectivity index (χ0v) is 11.8. The van der Waals surface area contributed by atoms with E-state index in [1.807, 2.05) is 0 Å². The second-order valence-electron chi connectivity index (χ2n) is 6.27. The summed E-state index contributed by atoms with van der Waals surface area (Å²) in [5.74, 6) is 0.968. The number of piperidine rings is 1. The van der Waals surface area contributed by atoms with E-state index < -0.39 is 0 Å². The van der Waals surface area contributed by atoms with Gasteiger partial charge in [-0.3, -0.25) is 4.79 Å². The summed E-state index contributed by atoms with van der Waals surface area (Å²) in [5.41, 5.74) is 0. The molecule has 1 amide bonds. The third kappa shape index (κ3) is 3.48. The largest absolute Gasteiger partial charge is 0.368 e. The molecule has 0 aromatic heterocycles. The van der Waals surface area contributed by atoms with Crippen molar-refractivity contribution in [1.82, 2.24) is 10.2 Å². The van der Waals surface area contributed by atoms with Gasteiger partial charge in [0, 0.05) is 19.2 Å². The van der Waals surface area contributed by atoms with E-state index in [0.29, 0.717) is 12.0 Å². The molecule has 3 fully saturated rings. The second-order valence-corrected chi connectivity index (χ2v) is 6.27. The van der Waals surface area contributed by atoms with Crippen LogP contribution < -0.4 is 5.32 Å². The minimum absolute atomic E-state index is 0.143. The number of carbonyl (C=O) groups is 1. The molecule has 1 unspecified atom stereocenters. The van der Waals surface area contributed by atoms with Gasteiger partial charge in [0.1, 0.15) is 6.10 Å². The molecule has 2 aliphatic heterocycles. The van der Waals surface area contributed by atoms with Crippen molar-refractivity contribution in [3.63, 3.8) is 0 Å². The fourth-order valence-corrected chi connectivity index (χ4v) is 3.27. The van der Waals surface area contributed by atoms with Gasteiger partial charge >= 0.3 is 0 Å². The second kappa shape index (κ2) is 6.23. The molecule has 2 saturated heterocycles. The quantitative estimate of drug-likeness (QED) is 0.839. The van der Waals surface area contributed by atoms with Crippen LogP contribution in [0.4, 0.5) is 0 Å². The molecular weight excluding hydrogens is 240 g/mol. The number of rotatable bonds is 4. The van der Waals surface area contributed by atoms with E-state index in [4.69, 9.17) is 4.74 Å². The lowest BCUT2D eigenvalue weighted by Crippen LogP contribution is -2.46. The molecule has 1 N–H and O–H groups in total. The van der Waals surface area contributed by atoms with Crippen LogP contribution in [0.15, 0.2) is 0 Å². The first kappa shape index (κ1) is 13.4. The molecule has 19 heavy (non-hydrogen) atoms. The Morgan fingerprint density at radius 1 is 1.11 bits per heavy atom. The van der Waals surface area contributed by atoms with E-state index in [1.54, 1.807) is 0 Å². The third-order valence-corrected chi connectivity index (χ3v) is 4.64. The van der Waals surface area contributed by atoms with E-state index in [1.165, 1.54) is 25.7 Å². The summed E-state index contributed by atoms with van der Waals surface area (Å²) < 4.78 is 5.68.